The Hall–Kier alpha value is -3.76. The molecule has 0 aliphatic heterocycles. The molecule has 0 bridgehead atoms. The summed E-state index contributed by atoms with van der Waals surface area (Å²) in [4.78, 5) is 33.0. The van der Waals surface area contributed by atoms with E-state index in [1.54, 1.807) is 55.5 Å². The minimum Gasteiger partial charge on any atom is -0.382 e. The number of aromatic nitrogens is 3. The quantitative estimate of drug-likeness (QED) is 0.373. The first-order chi connectivity index (χ1) is 15.4. The minimum absolute atomic E-state index is 0.173. The molecule has 2 heterocycles. The van der Waals surface area contributed by atoms with E-state index in [-0.39, 0.29) is 23.5 Å². The van der Waals surface area contributed by atoms with Crippen LogP contribution in [0.4, 0.5) is 16.6 Å². The zero-order chi connectivity index (χ0) is 22.7. The maximum atomic E-state index is 12.5. The van der Waals surface area contributed by atoms with Crippen molar-refractivity contribution < 1.29 is 14.1 Å². The first-order valence-corrected chi connectivity index (χ1v) is 10.7. The van der Waals surface area contributed by atoms with Crippen LogP contribution in [0.25, 0.3) is 22.2 Å². The number of nitrogen functional groups attached to an aromatic ring is 1. The molecule has 0 fully saturated rings. The van der Waals surface area contributed by atoms with Crippen molar-refractivity contribution in [2.24, 2.45) is 0 Å². The highest BCUT2D eigenvalue weighted by atomic mass is 35.5. The molecule has 0 radical (unpaired) electrons. The van der Waals surface area contributed by atoms with E-state index in [0.717, 1.165) is 11.3 Å². The van der Waals surface area contributed by atoms with Gasteiger partial charge in [0.15, 0.2) is 5.13 Å². The van der Waals surface area contributed by atoms with Gasteiger partial charge in [0.1, 0.15) is 10.7 Å². The standard InChI is InChI=1S/C21H17ClN6O3S/c1-2-15(29)25-21-26-17(23)16(32-21)20-27-18(28-31-20)11-5-4-8-14(10-11)24-19(30)12-6-3-7-13(22)9-12/h3-10H,2,23H2,1H3,(H,24,30)(H,25,26,29). The number of thiazole rings is 1. The van der Waals surface area contributed by atoms with Crippen LogP contribution in [0, 0.1) is 0 Å². The van der Waals surface area contributed by atoms with Gasteiger partial charge in [0, 0.05) is 28.3 Å². The lowest BCUT2D eigenvalue weighted by Gasteiger charge is -2.06. The van der Waals surface area contributed by atoms with E-state index < -0.39 is 0 Å². The third-order valence-corrected chi connectivity index (χ3v) is 5.52. The van der Waals surface area contributed by atoms with Crippen LogP contribution in [0.15, 0.2) is 53.1 Å². The highest BCUT2D eigenvalue weighted by molar-refractivity contribution is 7.19. The number of rotatable bonds is 6. The fourth-order valence-corrected chi connectivity index (χ4v) is 3.76. The van der Waals surface area contributed by atoms with E-state index in [4.69, 9.17) is 21.9 Å². The smallest absolute Gasteiger partial charge is 0.272 e. The number of benzene rings is 2. The van der Waals surface area contributed by atoms with E-state index in [0.29, 0.717) is 44.1 Å². The molecule has 9 nitrogen and oxygen atoms in total. The van der Waals surface area contributed by atoms with Crippen LogP contribution in [0.1, 0.15) is 23.7 Å². The third-order valence-electron chi connectivity index (χ3n) is 4.31. The number of nitrogens with one attached hydrogen (secondary N) is 2. The second kappa shape index (κ2) is 9.16. The first kappa shape index (κ1) is 21.5. The van der Waals surface area contributed by atoms with Crippen molar-refractivity contribution >= 4 is 51.4 Å². The highest BCUT2D eigenvalue weighted by Crippen LogP contribution is 2.35. The molecular formula is C21H17ClN6O3S. The fourth-order valence-electron chi connectivity index (χ4n) is 2.75. The highest BCUT2D eigenvalue weighted by Gasteiger charge is 2.19. The number of hydrogen-bond donors (Lipinski definition) is 3. The number of nitrogens with two attached hydrogens (primary N) is 1. The summed E-state index contributed by atoms with van der Waals surface area (Å²) in [6.07, 6.45) is 0.323. The Morgan fingerprint density at radius 1 is 1.12 bits per heavy atom. The van der Waals surface area contributed by atoms with E-state index >= 15 is 0 Å². The van der Waals surface area contributed by atoms with Crippen molar-refractivity contribution in [1.29, 1.82) is 0 Å². The summed E-state index contributed by atoms with van der Waals surface area (Å²) < 4.78 is 5.35. The van der Waals surface area contributed by atoms with Gasteiger partial charge < -0.3 is 20.9 Å². The number of amides is 2. The van der Waals surface area contributed by atoms with Gasteiger partial charge in [-0.1, -0.05) is 53.2 Å². The van der Waals surface area contributed by atoms with Crippen molar-refractivity contribution in [3.63, 3.8) is 0 Å². The third kappa shape index (κ3) is 4.76. The molecule has 11 heteroatoms. The minimum atomic E-state index is -0.294. The molecule has 4 rings (SSSR count). The van der Waals surface area contributed by atoms with Crippen LogP contribution in [-0.2, 0) is 4.79 Å². The Morgan fingerprint density at radius 3 is 2.72 bits per heavy atom. The zero-order valence-corrected chi connectivity index (χ0v) is 18.3. The Kier molecular flexibility index (Phi) is 6.15. The normalized spacial score (nSPS) is 10.7. The number of anilines is 3. The number of nitrogens with zero attached hydrogens (tertiary/aromatic N) is 3. The number of hydrogen-bond acceptors (Lipinski definition) is 8. The summed E-state index contributed by atoms with van der Waals surface area (Å²) in [7, 11) is 0. The summed E-state index contributed by atoms with van der Waals surface area (Å²) in [6.45, 7) is 1.74. The molecule has 0 saturated heterocycles. The zero-order valence-electron chi connectivity index (χ0n) is 16.8. The largest absolute Gasteiger partial charge is 0.382 e. The van der Waals surface area contributed by atoms with E-state index in [1.807, 2.05) is 0 Å². The topological polar surface area (TPSA) is 136 Å². The number of carbonyl (C=O) groups is 2. The molecular weight excluding hydrogens is 452 g/mol. The van der Waals surface area contributed by atoms with Crippen molar-refractivity contribution in [3.8, 4) is 22.2 Å². The Labute approximate surface area is 191 Å². The van der Waals surface area contributed by atoms with Crippen molar-refractivity contribution in [2.45, 2.75) is 13.3 Å². The van der Waals surface area contributed by atoms with Crippen molar-refractivity contribution in [1.82, 2.24) is 15.1 Å². The second-order valence-corrected chi connectivity index (χ2v) is 8.04. The molecule has 0 unspecified atom stereocenters. The predicted molar refractivity (Wildman–Crippen MR) is 124 cm³/mol. The Morgan fingerprint density at radius 2 is 1.94 bits per heavy atom. The lowest BCUT2D eigenvalue weighted by Crippen LogP contribution is -2.11. The fraction of sp³-hybridized carbons (Fsp3) is 0.0952. The SMILES string of the molecule is CCC(=O)Nc1nc(N)c(-c2nc(-c3cccc(NC(=O)c4cccc(Cl)c4)c3)no2)s1. The van der Waals surface area contributed by atoms with Gasteiger partial charge in [0.25, 0.3) is 11.8 Å². The van der Waals surface area contributed by atoms with Crippen LogP contribution in [0.2, 0.25) is 5.02 Å². The van der Waals surface area contributed by atoms with Crippen LogP contribution in [0.5, 0.6) is 0 Å². The molecule has 0 spiro atoms. The Balaban J connectivity index is 1.54. The van der Waals surface area contributed by atoms with Gasteiger partial charge in [0.2, 0.25) is 11.7 Å². The predicted octanol–water partition coefficient (Wildman–Crippen LogP) is 4.70. The molecule has 0 aliphatic rings. The second-order valence-electron chi connectivity index (χ2n) is 6.60. The molecule has 4 N–H and O–H groups in total. The summed E-state index contributed by atoms with van der Waals surface area (Å²) in [5.41, 5.74) is 7.57. The van der Waals surface area contributed by atoms with Gasteiger partial charge in [-0.3, -0.25) is 9.59 Å². The summed E-state index contributed by atoms with van der Waals surface area (Å²) >= 11 is 7.10. The van der Waals surface area contributed by atoms with Crippen molar-refractivity contribution in [3.05, 3.63) is 59.1 Å². The molecule has 0 aliphatic carbocycles. The summed E-state index contributed by atoms with van der Waals surface area (Å²) in [6, 6.07) is 13.7. The molecule has 32 heavy (non-hydrogen) atoms. The first-order valence-electron chi connectivity index (χ1n) is 9.50. The van der Waals surface area contributed by atoms with Gasteiger partial charge in [-0.05, 0) is 30.3 Å². The molecule has 0 atom stereocenters. The van der Waals surface area contributed by atoms with Gasteiger partial charge in [0.05, 0.1) is 0 Å². The number of halogens is 1. The maximum Gasteiger partial charge on any atom is 0.272 e. The van der Waals surface area contributed by atoms with Gasteiger partial charge in [-0.15, -0.1) is 0 Å². The molecule has 2 amide bonds. The number of carbonyl (C=O) groups excluding carboxylic acids is 2. The molecule has 4 aromatic rings. The lowest BCUT2D eigenvalue weighted by atomic mass is 10.1. The van der Waals surface area contributed by atoms with Gasteiger partial charge in [-0.2, -0.15) is 4.98 Å². The van der Waals surface area contributed by atoms with Gasteiger partial charge in [-0.25, -0.2) is 4.98 Å². The summed E-state index contributed by atoms with van der Waals surface area (Å²) in [5, 5.41) is 10.3. The molecule has 2 aromatic carbocycles. The lowest BCUT2D eigenvalue weighted by molar-refractivity contribution is -0.115. The van der Waals surface area contributed by atoms with Crippen molar-refractivity contribution in [2.75, 3.05) is 16.4 Å². The van der Waals surface area contributed by atoms with Crippen LogP contribution in [0.3, 0.4) is 0 Å². The maximum absolute atomic E-state index is 12.5. The molecule has 2 aromatic heterocycles. The molecule has 162 valence electrons. The monoisotopic (exact) mass is 468 g/mol. The van der Waals surface area contributed by atoms with E-state index in [9.17, 15) is 9.59 Å². The van der Waals surface area contributed by atoms with Crippen LogP contribution in [-0.4, -0.2) is 26.9 Å². The Bertz CT molecular complexity index is 1300. The molecule has 0 saturated carbocycles. The average Bonchev–Trinajstić information content (AvgIpc) is 3.40. The average molecular weight is 469 g/mol. The van der Waals surface area contributed by atoms with Crippen LogP contribution < -0.4 is 16.4 Å². The summed E-state index contributed by atoms with van der Waals surface area (Å²) in [5.74, 6) is 0.205. The van der Waals surface area contributed by atoms with Gasteiger partial charge >= 0.3 is 0 Å². The van der Waals surface area contributed by atoms with E-state index in [1.165, 1.54) is 0 Å². The van der Waals surface area contributed by atoms with E-state index in [2.05, 4.69) is 25.8 Å². The van der Waals surface area contributed by atoms with Crippen LogP contribution >= 0.6 is 22.9 Å².